The molecule has 0 bridgehead atoms. The minimum Gasteiger partial charge on any atom is -0.366 e. The van der Waals surface area contributed by atoms with Crippen LogP contribution in [0.15, 0.2) is 24.3 Å². The number of rotatable bonds is 5. The minimum absolute atomic E-state index is 0.0229. The van der Waals surface area contributed by atoms with Gasteiger partial charge in [0.05, 0.1) is 16.7 Å². The van der Waals surface area contributed by atoms with Gasteiger partial charge in [0.15, 0.2) is 0 Å². The quantitative estimate of drug-likeness (QED) is 0.774. The molecule has 0 aromatic heterocycles. The van der Waals surface area contributed by atoms with Crippen molar-refractivity contribution in [2.24, 2.45) is 11.1 Å². The highest BCUT2D eigenvalue weighted by atomic mass is 16.2. The zero-order chi connectivity index (χ0) is 15.3. The normalized spacial score (nSPS) is 21.8. The number of anilines is 1. The van der Waals surface area contributed by atoms with Crippen LogP contribution >= 0.6 is 0 Å². The molecule has 5 nitrogen and oxygen atoms in total. The number of piperidine rings is 1. The second kappa shape index (κ2) is 6.72. The molecule has 1 aliphatic heterocycles. The molecule has 1 fully saturated rings. The summed E-state index contributed by atoms with van der Waals surface area (Å²) < 4.78 is 0. The molecule has 1 heterocycles. The fourth-order valence-corrected chi connectivity index (χ4v) is 3.03. The van der Waals surface area contributed by atoms with Gasteiger partial charge in [0.1, 0.15) is 0 Å². The molecule has 1 aromatic carbocycles. The van der Waals surface area contributed by atoms with E-state index in [1.54, 1.807) is 24.3 Å². The Bertz CT molecular complexity index is 516. The van der Waals surface area contributed by atoms with Crippen molar-refractivity contribution in [2.75, 3.05) is 18.4 Å². The first-order valence-corrected chi connectivity index (χ1v) is 7.50. The SMILES string of the molecule is CCCC1(C(=O)Nc2ccccc2C(N)=O)CCCNC1. The van der Waals surface area contributed by atoms with Gasteiger partial charge in [-0.2, -0.15) is 0 Å². The smallest absolute Gasteiger partial charge is 0.250 e. The largest absolute Gasteiger partial charge is 0.366 e. The van der Waals surface area contributed by atoms with Crippen molar-refractivity contribution in [3.05, 3.63) is 29.8 Å². The van der Waals surface area contributed by atoms with Gasteiger partial charge < -0.3 is 16.4 Å². The third-order valence-corrected chi connectivity index (χ3v) is 4.12. The maximum absolute atomic E-state index is 12.8. The first-order valence-electron chi connectivity index (χ1n) is 7.50. The van der Waals surface area contributed by atoms with E-state index >= 15 is 0 Å². The summed E-state index contributed by atoms with van der Waals surface area (Å²) in [5.41, 5.74) is 5.81. The van der Waals surface area contributed by atoms with Crippen LogP contribution in [0, 0.1) is 5.41 Å². The Morgan fingerprint density at radius 2 is 2.14 bits per heavy atom. The summed E-state index contributed by atoms with van der Waals surface area (Å²) in [5, 5.41) is 6.22. The van der Waals surface area contributed by atoms with Crippen molar-refractivity contribution in [2.45, 2.75) is 32.6 Å². The predicted molar refractivity (Wildman–Crippen MR) is 83.0 cm³/mol. The molecule has 2 amide bonds. The van der Waals surface area contributed by atoms with Crippen molar-refractivity contribution in [3.8, 4) is 0 Å². The molecule has 21 heavy (non-hydrogen) atoms. The van der Waals surface area contributed by atoms with Gasteiger partial charge in [-0.1, -0.05) is 25.5 Å². The maximum Gasteiger partial charge on any atom is 0.250 e. The molecule has 0 radical (unpaired) electrons. The number of amides is 2. The van der Waals surface area contributed by atoms with Gasteiger partial charge in [-0.3, -0.25) is 9.59 Å². The van der Waals surface area contributed by atoms with Crippen LogP contribution in [0.5, 0.6) is 0 Å². The van der Waals surface area contributed by atoms with E-state index in [9.17, 15) is 9.59 Å². The lowest BCUT2D eigenvalue weighted by atomic mass is 9.76. The molecule has 0 saturated carbocycles. The minimum atomic E-state index is -0.530. The summed E-state index contributed by atoms with van der Waals surface area (Å²) in [6, 6.07) is 6.87. The maximum atomic E-state index is 12.8. The molecule has 114 valence electrons. The Morgan fingerprint density at radius 1 is 1.38 bits per heavy atom. The number of nitrogens with one attached hydrogen (secondary N) is 2. The highest BCUT2D eigenvalue weighted by Gasteiger charge is 2.38. The van der Waals surface area contributed by atoms with E-state index < -0.39 is 11.3 Å². The Morgan fingerprint density at radius 3 is 2.76 bits per heavy atom. The second-order valence-corrected chi connectivity index (χ2v) is 5.67. The number of para-hydroxylation sites is 1. The Labute approximate surface area is 125 Å². The van der Waals surface area contributed by atoms with E-state index in [-0.39, 0.29) is 5.91 Å². The van der Waals surface area contributed by atoms with Gasteiger partial charge in [0.2, 0.25) is 5.91 Å². The molecule has 4 N–H and O–H groups in total. The van der Waals surface area contributed by atoms with Crippen LogP contribution in [-0.2, 0) is 4.79 Å². The molecule has 1 atom stereocenters. The molecule has 1 aliphatic rings. The number of hydrogen-bond donors (Lipinski definition) is 3. The van der Waals surface area contributed by atoms with Gasteiger partial charge in [-0.05, 0) is 37.9 Å². The van der Waals surface area contributed by atoms with Crippen LogP contribution in [-0.4, -0.2) is 24.9 Å². The molecular weight excluding hydrogens is 266 g/mol. The van der Waals surface area contributed by atoms with E-state index in [1.807, 2.05) is 0 Å². The first kappa shape index (κ1) is 15.5. The van der Waals surface area contributed by atoms with E-state index in [2.05, 4.69) is 17.6 Å². The zero-order valence-electron chi connectivity index (χ0n) is 12.4. The molecule has 2 rings (SSSR count). The van der Waals surface area contributed by atoms with Gasteiger partial charge in [0.25, 0.3) is 5.91 Å². The molecular formula is C16H23N3O2. The molecule has 0 spiro atoms. The van der Waals surface area contributed by atoms with Crippen molar-refractivity contribution < 1.29 is 9.59 Å². The van der Waals surface area contributed by atoms with E-state index in [4.69, 9.17) is 5.73 Å². The molecule has 5 heteroatoms. The molecule has 1 aromatic rings. The Hall–Kier alpha value is -1.88. The van der Waals surface area contributed by atoms with Gasteiger partial charge in [-0.15, -0.1) is 0 Å². The number of primary amides is 1. The van der Waals surface area contributed by atoms with Crippen molar-refractivity contribution >= 4 is 17.5 Å². The summed E-state index contributed by atoms with van der Waals surface area (Å²) >= 11 is 0. The van der Waals surface area contributed by atoms with Gasteiger partial charge >= 0.3 is 0 Å². The predicted octanol–water partition coefficient (Wildman–Crippen LogP) is 1.89. The van der Waals surface area contributed by atoms with Crippen LogP contribution in [0.1, 0.15) is 43.0 Å². The number of carbonyl (C=O) groups excluding carboxylic acids is 2. The third kappa shape index (κ3) is 3.42. The summed E-state index contributed by atoms with van der Waals surface area (Å²) in [6.07, 6.45) is 3.65. The average molecular weight is 289 g/mol. The van der Waals surface area contributed by atoms with Gasteiger partial charge in [0, 0.05) is 6.54 Å². The number of benzene rings is 1. The van der Waals surface area contributed by atoms with Crippen molar-refractivity contribution in [1.82, 2.24) is 5.32 Å². The van der Waals surface area contributed by atoms with Crippen LogP contribution < -0.4 is 16.4 Å². The Kier molecular flexibility index (Phi) is 4.96. The number of nitrogens with two attached hydrogens (primary N) is 1. The van der Waals surface area contributed by atoms with Crippen molar-refractivity contribution in [3.63, 3.8) is 0 Å². The average Bonchev–Trinajstić information content (AvgIpc) is 2.49. The number of carbonyl (C=O) groups is 2. The van der Waals surface area contributed by atoms with Crippen molar-refractivity contribution in [1.29, 1.82) is 0 Å². The summed E-state index contributed by atoms with van der Waals surface area (Å²) in [4.78, 5) is 24.2. The molecule has 1 saturated heterocycles. The van der Waals surface area contributed by atoms with Crippen LogP contribution in [0.2, 0.25) is 0 Å². The standard InChI is InChI=1S/C16H23N3O2/c1-2-8-16(9-5-10-18-11-16)15(21)19-13-7-4-3-6-12(13)14(17)20/h3-4,6-7,18H,2,5,8-11H2,1H3,(H2,17,20)(H,19,21). The van der Waals surface area contributed by atoms with Gasteiger partial charge in [-0.25, -0.2) is 0 Å². The third-order valence-electron chi connectivity index (χ3n) is 4.12. The topological polar surface area (TPSA) is 84.2 Å². The van der Waals surface area contributed by atoms with Crippen LogP contribution in [0.25, 0.3) is 0 Å². The lowest BCUT2D eigenvalue weighted by Gasteiger charge is -2.36. The highest BCUT2D eigenvalue weighted by molar-refractivity contribution is 6.04. The first-order chi connectivity index (χ1) is 10.1. The summed E-state index contributed by atoms with van der Waals surface area (Å²) in [5.74, 6) is -0.553. The highest BCUT2D eigenvalue weighted by Crippen LogP contribution is 2.33. The zero-order valence-corrected chi connectivity index (χ0v) is 12.4. The van der Waals surface area contributed by atoms with E-state index in [0.29, 0.717) is 17.8 Å². The second-order valence-electron chi connectivity index (χ2n) is 5.67. The monoisotopic (exact) mass is 289 g/mol. The number of hydrogen-bond acceptors (Lipinski definition) is 3. The fourth-order valence-electron chi connectivity index (χ4n) is 3.03. The lowest BCUT2D eigenvalue weighted by molar-refractivity contribution is -0.127. The Balaban J connectivity index is 2.21. The van der Waals surface area contributed by atoms with E-state index in [1.165, 1.54) is 0 Å². The lowest BCUT2D eigenvalue weighted by Crippen LogP contribution is -2.48. The molecule has 0 aliphatic carbocycles. The summed E-state index contributed by atoms with van der Waals surface area (Å²) in [6.45, 7) is 3.73. The fraction of sp³-hybridized carbons (Fsp3) is 0.500. The van der Waals surface area contributed by atoms with Crippen LogP contribution in [0.4, 0.5) is 5.69 Å². The summed E-state index contributed by atoms with van der Waals surface area (Å²) in [7, 11) is 0. The van der Waals surface area contributed by atoms with Crippen LogP contribution in [0.3, 0.4) is 0 Å². The molecule has 1 unspecified atom stereocenters. The van der Waals surface area contributed by atoms with E-state index in [0.717, 1.165) is 32.2 Å².